The van der Waals surface area contributed by atoms with Gasteiger partial charge in [-0.25, -0.2) is 0 Å². The number of halogens is 3. The van der Waals surface area contributed by atoms with Crippen LogP contribution < -0.4 is 5.32 Å². The maximum Gasteiger partial charge on any atom is 0.416 e. The fraction of sp³-hybridized carbons (Fsp3) is 0.500. The Bertz CT molecular complexity index is 546. The molecule has 0 radical (unpaired) electrons. The SMILES string of the molecule is N#Cc1cc(C(F)(F)F)ccc1NCC1(O)CCOCC1. The molecule has 2 rings (SSSR count). The number of anilines is 1. The smallest absolute Gasteiger partial charge is 0.388 e. The van der Waals surface area contributed by atoms with Crippen LogP contribution in [0.5, 0.6) is 0 Å². The number of aliphatic hydroxyl groups is 1. The minimum atomic E-state index is -4.48. The summed E-state index contributed by atoms with van der Waals surface area (Å²) in [5.41, 5.74) is -1.64. The van der Waals surface area contributed by atoms with Gasteiger partial charge in [0, 0.05) is 32.6 Å². The second kappa shape index (κ2) is 5.92. The second-order valence-electron chi connectivity index (χ2n) is 5.06. The maximum absolute atomic E-state index is 12.6. The zero-order valence-electron chi connectivity index (χ0n) is 11.2. The third-order valence-electron chi connectivity index (χ3n) is 3.50. The van der Waals surface area contributed by atoms with Crippen molar-refractivity contribution >= 4 is 5.69 Å². The molecule has 0 saturated carbocycles. The van der Waals surface area contributed by atoms with Crippen LogP contribution in [0.3, 0.4) is 0 Å². The van der Waals surface area contributed by atoms with E-state index in [0.29, 0.717) is 26.1 Å². The standard InChI is InChI=1S/C14H15F3N2O2/c15-14(16,17)11-1-2-12(10(7-11)8-18)19-9-13(20)3-5-21-6-4-13/h1-2,7,19-20H,3-6,9H2. The highest BCUT2D eigenvalue weighted by molar-refractivity contribution is 5.59. The summed E-state index contributed by atoms with van der Waals surface area (Å²) in [6.45, 7) is 1.04. The molecular weight excluding hydrogens is 285 g/mol. The summed E-state index contributed by atoms with van der Waals surface area (Å²) in [6, 6.07) is 4.67. The molecule has 0 bridgehead atoms. The Hall–Kier alpha value is -1.78. The monoisotopic (exact) mass is 300 g/mol. The number of ether oxygens (including phenoxy) is 1. The maximum atomic E-state index is 12.6. The zero-order valence-corrected chi connectivity index (χ0v) is 11.2. The van der Waals surface area contributed by atoms with Crippen LogP contribution in [0.15, 0.2) is 18.2 Å². The summed E-state index contributed by atoms with van der Waals surface area (Å²) in [6.07, 6.45) is -3.59. The molecule has 0 spiro atoms. The first kappa shape index (κ1) is 15.6. The average Bonchev–Trinajstić information content (AvgIpc) is 2.45. The highest BCUT2D eigenvalue weighted by Gasteiger charge is 2.32. The molecule has 0 aliphatic carbocycles. The van der Waals surface area contributed by atoms with E-state index in [1.807, 2.05) is 0 Å². The zero-order chi connectivity index (χ0) is 15.5. The van der Waals surface area contributed by atoms with E-state index in [4.69, 9.17) is 10.00 Å². The molecule has 21 heavy (non-hydrogen) atoms. The van der Waals surface area contributed by atoms with Crippen LogP contribution in [0, 0.1) is 11.3 Å². The highest BCUT2D eigenvalue weighted by Crippen LogP contribution is 2.32. The molecule has 0 atom stereocenters. The van der Waals surface area contributed by atoms with Crippen molar-refractivity contribution in [2.45, 2.75) is 24.6 Å². The Morgan fingerprint density at radius 3 is 2.57 bits per heavy atom. The van der Waals surface area contributed by atoms with E-state index in [9.17, 15) is 18.3 Å². The lowest BCUT2D eigenvalue weighted by Gasteiger charge is -2.32. The average molecular weight is 300 g/mol. The molecule has 1 aromatic carbocycles. The fourth-order valence-electron chi connectivity index (χ4n) is 2.16. The minimum absolute atomic E-state index is 0.0968. The second-order valence-corrected chi connectivity index (χ2v) is 5.06. The summed E-state index contributed by atoms with van der Waals surface area (Å²) in [7, 11) is 0. The Kier molecular flexibility index (Phi) is 4.40. The number of nitriles is 1. The summed E-state index contributed by atoms with van der Waals surface area (Å²) in [5, 5.41) is 22.1. The fourth-order valence-corrected chi connectivity index (χ4v) is 2.16. The molecule has 1 fully saturated rings. The van der Waals surface area contributed by atoms with Gasteiger partial charge in [0.2, 0.25) is 0 Å². The first-order valence-electron chi connectivity index (χ1n) is 6.49. The Morgan fingerprint density at radius 1 is 1.33 bits per heavy atom. The van der Waals surface area contributed by atoms with E-state index in [1.54, 1.807) is 6.07 Å². The van der Waals surface area contributed by atoms with Crippen molar-refractivity contribution in [1.29, 1.82) is 5.26 Å². The number of benzene rings is 1. The van der Waals surface area contributed by atoms with Crippen molar-refractivity contribution < 1.29 is 23.0 Å². The summed E-state index contributed by atoms with van der Waals surface area (Å²) < 4.78 is 42.9. The predicted octanol–water partition coefficient (Wildman–Crippen LogP) is 2.53. The van der Waals surface area contributed by atoms with Gasteiger partial charge >= 0.3 is 6.18 Å². The van der Waals surface area contributed by atoms with E-state index >= 15 is 0 Å². The molecule has 2 N–H and O–H groups in total. The van der Waals surface area contributed by atoms with Crippen LogP contribution in [0.2, 0.25) is 0 Å². The van der Waals surface area contributed by atoms with Crippen LogP contribution in [0.4, 0.5) is 18.9 Å². The molecule has 7 heteroatoms. The lowest BCUT2D eigenvalue weighted by Crippen LogP contribution is -2.42. The van der Waals surface area contributed by atoms with Crippen molar-refractivity contribution in [3.05, 3.63) is 29.3 Å². The van der Waals surface area contributed by atoms with Crippen molar-refractivity contribution in [3.8, 4) is 6.07 Å². The van der Waals surface area contributed by atoms with Crippen LogP contribution >= 0.6 is 0 Å². The van der Waals surface area contributed by atoms with Gasteiger partial charge in [-0.2, -0.15) is 18.4 Å². The Morgan fingerprint density at radius 2 is 2.00 bits per heavy atom. The van der Waals surface area contributed by atoms with Crippen molar-refractivity contribution in [1.82, 2.24) is 0 Å². The molecule has 4 nitrogen and oxygen atoms in total. The number of rotatable bonds is 3. The van der Waals surface area contributed by atoms with Gasteiger partial charge in [0.25, 0.3) is 0 Å². The van der Waals surface area contributed by atoms with Crippen LogP contribution in [-0.2, 0) is 10.9 Å². The lowest BCUT2D eigenvalue weighted by molar-refractivity contribution is -0.137. The van der Waals surface area contributed by atoms with Gasteiger partial charge in [0.05, 0.1) is 22.4 Å². The predicted molar refractivity (Wildman–Crippen MR) is 69.7 cm³/mol. The number of nitrogens with one attached hydrogen (secondary N) is 1. The van der Waals surface area contributed by atoms with Crippen LogP contribution in [-0.4, -0.2) is 30.5 Å². The van der Waals surface area contributed by atoms with E-state index in [1.165, 1.54) is 6.07 Å². The first-order chi connectivity index (χ1) is 9.84. The van der Waals surface area contributed by atoms with E-state index in [-0.39, 0.29) is 17.8 Å². The third-order valence-corrected chi connectivity index (χ3v) is 3.50. The van der Waals surface area contributed by atoms with Crippen LogP contribution in [0.25, 0.3) is 0 Å². The van der Waals surface area contributed by atoms with E-state index in [2.05, 4.69) is 5.32 Å². The summed E-state index contributed by atoms with van der Waals surface area (Å²) >= 11 is 0. The van der Waals surface area contributed by atoms with Gasteiger partial charge in [-0.3, -0.25) is 0 Å². The molecule has 1 aromatic rings. The molecule has 0 aromatic heterocycles. The molecule has 114 valence electrons. The van der Waals surface area contributed by atoms with Crippen molar-refractivity contribution in [3.63, 3.8) is 0 Å². The molecule has 1 aliphatic heterocycles. The molecule has 0 amide bonds. The van der Waals surface area contributed by atoms with E-state index in [0.717, 1.165) is 12.1 Å². The van der Waals surface area contributed by atoms with Gasteiger partial charge < -0.3 is 15.2 Å². The van der Waals surface area contributed by atoms with Crippen molar-refractivity contribution in [2.75, 3.05) is 25.1 Å². The number of nitrogens with zero attached hydrogens (tertiary/aromatic N) is 1. The summed E-state index contributed by atoms with van der Waals surface area (Å²) in [5.74, 6) is 0. The minimum Gasteiger partial charge on any atom is -0.388 e. The van der Waals surface area contributed by atoms with Gasteiger partial charge in [-0.05, 0) is 18.2 Å². The summed E-state index contributed by atoms with van der Waals surface area (Å²) in [4.78, 5) is 0. The molecule has 1 aliphatic rings. The first-order valence-corrected chi connectivity index (χ1v) is 6.49. The van der Waals surface area contributed by atoms with Crippen LogP contribution in [0.1, 0.15) is 24.0 Å². The number of hydrogen-bond acceptors (Lipinski definition) is 4. The van der Waals surface area contributed by atoms with Gasteiger partial charge in [-0.15, -0.1) is 0 Å². The molecule has 1 heterocycles. The Labute approximate surface area is 120 Å². The van der Waals surface area contributed by atoms with Gasteiger partial charge in [0.1, 0.15) is 6.07 Å². The normalized spacial score (nSPS) is 18.0. The topological polar surface area (TPSA) is 65.3 Å². The molecule has 1 saturated heterocycles. The van der Waals surface area contributed by atoms with Gasteiger partial charge in [-0.1, -0.05) is 0 Å². The van der Waals surface area contributed by atoms with E-state index < -0.39 is 17.3 Å². The number of hydrogen-bond donors (Lipinski definition) is 2. The number of alkyl halides is 3. The van der Waals surface area contributed by atoms with Gasteiger partial charge in [0.15, 0.2) is 0 Å². The quantitative estimate of drug-likeness (QED) is 0.900. The largest absolute Gasteiger partial charge is 0.416 e. The lowest BCUT2D eigenvalue weighted by atomic mass is 9.94. The Balaban J connectivity index is 2.12. The van der Waals surface area contributed by atoms with Crippen molar-refractivity contribution in [2.24, 2.45) is 0 Å². The molecule has 0 unspecified atom stereocenters. The third kappa shape index (κ3) is 3.86. The highest BCUT2D eigenvalue weighted by atomic mass is 19.4. The molecular formula is C14H15F3N2O2.